The molecule has 0 amide bonds. The van der Waals surface area contributed by atoms with Crippen LogP contribution in [0, 0.1) is 17.2 Å². The van der Waals surface area contributed by atoms with Gasteiger partial charge in [0.1, 0.15) is 5.82 Å². The average molecular weight is 237 g/mol. The molecule has 1 aromatic rings. The molecule has 0 aliphatic rings. The summed E-state index contributed by atoms with van der Waals surface area (Å²) in [5, 5.41) is 3.50. The van der Waals surface area contributed by atoms with Crippen molar-refractivity contribution in [2.24, 2.45) is 11.3 Å². The van der Waals surface area contributed by atoms with Crippen molar-refractivity contribution in [2.45, 2.75) is 40.7 Å². The average Bonchev–Trinajstić information content (AvgIpc) is 2.25. The highest BCUT2D eigenvalue weighted by atomic mass is 19.1. The predicted octanol–water partition coefficient (Wildman–Crippen LogP) is 4.16. The van der Waals surface area contributed by atoms with Crippen LogP contribution in [0.1, 0.15) is 46.2 Å². The van der Waals surface area contributed by atoms with Crippen molar-refractivity contribution in [1.82, 2.24) is 5.32 Å². The summed E-state index contributed by atoms with van der Waals surface area (Å²) in [6.07, 6.45) is 0. The van der Waals surface area contributed by atoms with Gasteiger partial charge in [0.05, 0.1) is 0 Å². The van der Waals surface area contributed by atoms with Crippen LogP contribution in [0.25, 0.3) is 0 Å². The van der Waals surface area contributed by atoms with Crippen molar-refractivity contribution in [2.75, 3.05) is 6.54 Å². The van der Waals surface area contributed by atoms with Crippen molar-refractivity contribution in [3.05, 3.63) is 35.6 Å². The summed E-state index contributed by atoms with van der Waals surface area (Å²) in [7, 11) is 0. The summed E-state index contributed by atoms with van der Waals surface area (Å²) in [6.45, 7) is 12.1. The quantitative estimate of drug-likeness (QED) is 0.829. The van der Waals surface area contributed by atoms with Crippen LogP contribution in [-0.2, 0) is 0 Å². The van der Waals surface area contributed by atoms with Crippen LogP contribution in [0.15, 0.2) is 24.3 Å². The van der Waals surface area contributed by atoms with Crippen molar-refractivity contribution in [3.8, 4) is 0 Å². The SMILES string of the molecule is CC(NCC(C)C(C)(C)C)c1ccc(F)cc1. The Balaban J connectivity index is 2.50. The van der Waals surface area contributed by atoms with Crippen LogP contribution in [-0.4, -0.2) is 6.54 Å². The van der Waals surface area contributed by atoms with Crippen LogP contribution in [0.3, 0.4) is 0 Å². The van der Waals surface area contributed by atoms with Gasteiger partial charge in [-0.25, -0.2) is 4.39 Å². The standard InChI is InChI=1S/C15H24FN/c1-11(15(3,4)5)10-17-12(2)13-6-8-14(16)9-7-13/h6-9,11-12,17H,10H2,1-5H3. The van der Waals surface area contributed by atoms with Crippen molar-refractivity contribution in [1.29, 1.82) is 0 Å². The fraction of sp³-hybridized carbons (Fsp3) is 0.600. The van der Waals surface area contributed by atoms with Crippen LogP contribution >= 0.6 is 0 Å². The van der Waals surface area contributed by atoms with Gasteiger partial charge in [-0.2, -0.15) is 0 Å². The molecule has 0 radical (unpaired) electrons. The fourth-order valence-electron chi connectivity index (χ4n) is 1.53. The molecule has 1 aromatic carbocycles. The third kappa shape index (κ3) is 4.47. The second-order valence-corrected chi connectivity index (χ2v) is 5.95. The monoisotopic (exact) mass is 237 g/mol. The summed E-state index contributed by atoms with van der Waals surface area (Å²) < 4.78 is 12.8. The second kappa shape index (κ2) is 5.63. The topological polar surface area (TPSA) is 12.0 Å². The number of halogens is 1. The smallest absolute Gasteiger partial charge is 0.123 e. The van der Waals surface area contributed by atoms with E-state index in [9.17, 15) is 4.39 Å². The van der Waals surface area contributed by atoms with E-state index in [0.29, 0.717) is 11.3 Å². The minimum atomic E-state index is -0.177. The zero-order valence-electron chi connectivity index (χ0n) is 11.5. The number of nitrogens with one attached hydrogen (secondary N) is 1. The summed E-state index contributed by atoms with van der Waals surface area (Å²) in [5.41, 5.74) is 1.45. The number of benzene rings is 1. The van der Waals surface area contributed by atoms with Gasteiger partial charge in [0, 0.05) is 6.04 Å². The molecule has 0 saturated carbocycles. The third-order valence-corrected chi connectivity index (χ3v) is 3.58. The fourth-order valence-corrected chi connectivity index (χ4v) is 1.53. The molecule has 0 spiro atoms. The Morgan fingerprint density at radius 2 is 1.65 bits per heavy atom. The number of hydrogen-bond donors (Lipinski definition) is 1. The van der Waals surface area contributed by atoms with E-state index in [-0.39, 0.29) is 11.9 Å². The molecule has 0 bridgehead atoms. The first kappa shape index (κ1) is 14.2. The maximum atomic E-state index is 12.8. The Kier molecular flexibility index (Phi) is 4.70. The van der Waals surface area contributed by atoms with Crippen LogP contribution in [0.2, 0.25) is 0 Å². The highest BCUT2D eigenvalue weighted by Gasteiger charge is 2.20. The summed E-state index contributed by atoms with van der Waals surface area (Å²) in [5.74, 6) is 0.425. The molecule has 0 aliphatic carbocycles. The first-order valence-corrected chi connectivity index (χ1v) is 6.29. The molecule has 0 fully saturated rings. The van der Waals surface area contributed by atoms with E-state index in [4.69, 9.17) is 0 Å². The first-order chi connectivity index (χ1) is 7.80. The first-order valence-electron chi connectivity index (χ1n) is 6.29. The summed E-state index contributed by atoms with van der Waals surface area (Å²) in [4.78, 5) is 0. The summed E-state index contributed by atoms with van der Waals surface area (Å²) >= 11 is 0. The maximum Gasteiger partial charge on any atom is 0.123 e. The predicted molar refractivity (Wildman–Crippen MR) is 71.4 cm³/mol. The maximum absolute atomic E-state index is 12.8. The van der Waals surface area contributed by atoms with E-state index in [2.05, 4.69) is 39.9 Å². The molecular weight excluding hydrogens is 213 g/mol. The Labute approximate surface area is 104 Å². The molecule has 17 heavy (non-hydrogen) atoms. The number of hydrogen-bond acceptors (Lipinski definition) is 1. The molecule has 2 atom stereocenters. The molecule has 1 N–H and O–H groups in total. The molecule has 96 valence electrons. The van der Waals surface area contributed by atoms with Crippen molar-refractivity contribution in [3.63, 3.8) is 0 Å². The van der Waals surface area contributed by atoms with Crippen LogP contribution in [0.4, 0.5) is 4.39 Å². The van der Waals surface area contributed by atoms with Gasteiger partial charge in [0.25, 0.3) is 0 Å². The van der Waals surface area contributed by atoms with Crippen LogP contribution < -0.4 is 5.32 Å². The lowest BCUT2D eigenvalue weighted by Crippen LogP contribution is -2.31. The molecule has 1 rings (SSSR count). The molecule has 0 aromatic heterocycles. The molecule has 0 saturated heterocycles. The Hall–Kier alpha value is -0.890. The minimum Gasteiger partial charge on any atom is -0.310 e. The Morgan fingerprint density at radius 3 is 2.12 bits per heavy atom. The lowest BCUT2D eigenvalue weighted by atomic mass is 9.82. The van der Waals surface area contributed by atoms with Gasteiger partial charge in [-0.15, -0.1) is 0 Å². The molecular formula is C15H24FN. The van der Waals surface area contributed by atoms with Crippen LogP contribution in [0.5, 0.6) is 0 Å². The third-order valence-electron chi connectivity index (χ3n) is 3.58. The van der Waals surface area contributed by atoms with E-state index in [1.165, 1.54) is 12.1 Å². The highest BCUT2D eigenvalue weighted by molar-refractivity contribution is 5.19. The van der Waals surface area contributed by atoms with Gasteiger partial charge in [0.2, 0.25) is 0 Å². The lowest BCUT2D eigenvalue weighted by molar-refractivity contribution is 0.247. The molecule has 0 aliphatic heterocycles. The van der Waals surface area contributed by atoms with Crippen molar-refractivity contribution < 1.29 is 4.39 Å². The molecule has 0 heterocycles. The van der Waals surface area contributed by atoms with Gasteiger partial charge in [-0.05, 0) is 42.5 Å². The molecule has 2 unspecified atom stereocenters. The second-order valence-electron chi connectivity index (χ2n) is 5.95. The van der Waals surface area contributed by atoms with Gasteiger partial charge >= 0.3 is 0 Å². The largest absolute Gasteiger partial charge is 0.310 e. The molecule has 1 nitrogen and oxygen atoms in total. The zero-order chi connectivity index (χ0) is 13.1. The normalized spacial score (nSPS) is 15.6. The van der Waals surface area contributed by atoms with Gasteiger partial charge < -0.3 is 5.32 Å². The Bertz CT molecular complexity index is 337. The lowest BCUT2D eigenvalue weighted by Gasteiger charge is -2.29. The highest BCUT2D eigenvalue weighted by Crippen LogP contribution is 2.25. The summed E-state index contributed by atoms with van der Waals surface area (Å²) in [6, 6.07) is 6.98. The van der Waals surface area contributed by atoms with Gasteiger partial charge in [-0.1, -0.05) is 39.8 Å². The number of rotatable bonds is 4. The minimum absolute atomic E-state index is 0.177. The van der Waals surface area contributed by atoms with E-state index in [1.54, 1.807) is 0 Å². The van der Waals surface area contributed by atoms with E-state index in [0.717, 1.165) is 12.1 Å². The molecule has 2 heteroatoms. The van der Waals surface area contributed by atoms with Gasteiger partial charge in [0.15, 0.2) is 0 Å². The van der Waals surface area contributed by atoms with Gasteiger partial charge in [-0.3, -0.25) is 0 Å². The van der Waals surface area contributed by atoms with E-state index < -0.39 is 0 Å². The van der Waals surface area contributed by atoms with E-state index in [1.807, 2.05) is 12.1 Å². The Morgan fingerprint density at radius 1 is 1.12 bits per heavy atom. The zero-order valence-corrected chi connectivity index (χ0v) is 11.5. The van der Waals surface area contributed by atoms with Crippen molar-refractivity contribution >= 4 is 0 Å². The van der Waals surface area contributed by atoms with E-state index >= 15 is 0 Å².